The number of nitrogens with two attached hydrogens (primary N) is 1. The minimum Gasteiger partial charge on any atom is -0.369 e. The monoisotopic (exact) mass is 376 g/mol. The summed E-state index contributed by atoms with van der Waals surface area (Å²) in [5.74, 6) is 1.18. The van der Waals surface area contributed by atoms with Crippen molar-refractivity contribution in [1.82, 2.24) is 20.8 Å². The Balaban J connectivity index is 1.33. The van der Waals surface area contributed by atoms with Crippen molar-refractivity contribution in [2.24, 2.45) is 11.7 Å². The fourth-order valence-corrected chi connectivity index (χ4v) is 4.76. The molecule has 0 radical (unpaired) electrons. The minimum absolute atomic E-state index is 0.0404. The van der Waals surface area contributed by atoms with E-state index in [9.17, 15) is 4.39 Å². The first-order chi connectivity index (χ1) is 13.0. The van der Waals surface area contributed by atoms with Gasteiger partial charge in [-0.1, -0.05) is 0 Å². The summed E-state index contributed by atoms with van der Waals surface area (Å²) < 4.78 is 20.8. The fourth-order valence-electron chi connectivity index (χ4n) is 4.76. The summed E-state index contributed by atoms with van der Waals surface area (Å²) in [6, 6.07) is 2.41. The topological polar surface area (TPSA) is 88.3 Å². The van der Waals surface area contributed by atoms with Crippen LogP contribution in [0.2, 0.25) is 0 Å². The van der Waals surface area contributed by atoms with Gasteiger partial charge in [0.2, 0.25) is 0 Å². The Kier molecular flexibility index (Phi) is 4.34. The molecule has 2 saturated heterocycles. The van der Waals surface area contributed by atoms with E-state index in [1.165, 1.54) is 0 Å². The van der Waals surface area contributed by atoms with E-state index >= 15 is 0 Å². The Morgan fingerprint density at radius 2 is 2.15 bits per heavy atom. The maximum absolute atomic E-state index is 14.6. The van der Waals surface area contributed by atoms with Crippen LogP contribution in [0.3, 0.4) is 0 Å². The van der Waals surface area contributed by atoms with E-state index in [0.29, 0.717) is 12.8 Å². The SMILES string of the molecule is CC1(OC2CC3C(CC2F)NNC3c2cc(N3CC[C@H](N)C3)ncn2)CC1. The van der Waals surface area contributed by atoms with Crippen LogP contribution in [0.5, 0.6) is 0 Å². The largest absolute Gasteiger partial charge is 0.369 e. The Labute approximate surface area is 159 Å². The number of halogens is 1. The molecule has 0 amide bonds. The third-order valence-corrected chi connectivity index (χ3v) is 6.69. The van der Waals surface area contributed by atoms with Gasteiger partial charge in [-0.25, -0.2) is 19.8 Å². The fraction of sp³-hybridized carbons (Fsp3) is 0.789. The molecule has 7 nitrogen and oxygen atoms in total. The number of aromatic nitrogens is 2. The number of rotatable bonds is 4. The van der Waals surface area contributed by atoms with Gasteiger partial charge in [0.05, 0.1) is 23.4 Å². The number of nitrogens with zero attached hydrogens (tertiary/aromatic N) is 3. The maximum atomic E-state index is 14.6. The molecule has 1 aromatic heterocycles. The molecular formula is C19H29FN6O. The molecule has 2 saturated carbocycles. The van der Waals surface area contributed by atoms with Gasteiger partial charge in [0, 0.05) is 37.2 Å². The molecule has 4 aliphatic rings. The second-order valence-electron chi connectivity index (χ2n) is 8.93. The molecule has 3 heterocycles. The zero-order valence-corrected chi connectivity index (χ0v) is 15.8. The molecule has 1 aromatic rings. The van der Waals surface area contributed by atoms with Gasteiger partial charge in [0.15, 0.2) is 0 Å². The molecule has 0 spiro atoms. The molecule has 148 valence electrons. The number of anilines is 1. The predicted octanol–water partition coefficient (Wildman–Crippen LogP) is 1.22. The highest BCUT2D eigenvalue weighted by atomic mass is 19.1. The van der Waals surface area contributed by atoms with E-state index in [-0.39, 0.29) is 35.7 Å². The van der Waals surface area contributed by atoms with E-state index in [1.807, 2.05) is 0 Å². The molecule has 2 aliphatic carbocycles. The molecule has 27 heavy (non-hydrogen) atoms. The van der Waals surface area contributed by atoms with Crippen molar-refractivity contribution in [3.8, 4) is 0 Å². The summed E-state index contributed by atoms with van der Waals surface area (Å²) in [7, 11) is 0. The summed E-state index contributed by atoms with van der Waals surface area (Å²) in [6.07, 6.45) is 4.65. The van der Waals surface area contributed by atoms with Crippen LogP contribution < -0.4 is 21.5 Å². The minimum atomic E-state index is -0.913. The second-order valence-corrected chi connectivity index (χ2v) is 8.93. The van der Waals surface area contributed by atoms with Crippen LogP contribution in [0.1, 0.15) is 50.8 Å². The van der Waals surface area contributed by atoms with E-state index in [4.69, 9.17) is 10.5 Å². The van der Waals surface area contributed by atoms with Crippen LogP contribution in [0.25, 0.3) is 0 Å². The van der Waals surface area contributed by atoms with E-state index < -0.39 is 6.17 Å². The smallest absolute Gasteiger partial charge is 0.132 e. The van der Waals surface area contributed by atoms with Gasteiger partial charge >= 0.3 is 0 Å². The lowest BCUT2D eigenvalue weighted by molar-refractivity contribution is -0.0886. The summed E-state index contributed by atoms with van der Waals surface area (Å²) in [5.41, 5.74) is 13.5. The van der Waals surface area contributed by atoms with Crippen LogP contribution in [0.15, 0.2) is 12.4 Å². The van der Waals surface area contributed by atoms with Crippen LogP contribution in [0, 0.1) is 5.92 Å². The standard InChI is InChI=1S/C19H29FN6O/c1-19(3-4-19)27-16-6-12-14(7-13(16)20)24-25-18(12)15-8-17(23-10-22-15)26-5-2-11(21)9-26/h8,10-14,16,18,24-25H,2-7,9,21H2,1H3/t11-,12?,13?,14?,16?,18?/m0/s1. The van der Waals surface area contributed by atoms with Crippen molar-refractivity contribution in [3.05, 3.63) is 18.1 Å². The molecule has 5 unspecified atom stereocenters. The first-order valence-corrected chi connectivity index (χ1v) is 10.2. The summed E-state index contributed by atoms with van der Waals surface area (Å²) >= 11 is 0. The van der Waals surface area contributed by atoms with E-state index in [2.05, 4.69) is 38.7 Å². The average Bonchev–Trinajstić information content (AvgIpc) is 3.04. The van der Waals surface area contributed by atoms with Crippen LogP contribution >= 0.6 is 0 Å². The van der Waals surface area contributed by atoms with Crippen molar-refractivity contribution in [2.75, 3.05) is 18.0 Å². The number of hydrazine groups is 1. The summed E-state index contributed by atoms with van der Waals surface area (Å²) in [4.78, 5) is 11.2. The predicted molar refractivity (Wildman–Crippen MR) is 99.8 cm³/mol. The Hall–Kier alpha value is -1.35. The van der Waals surface area contributed by atoms with Crippen LogP contribution in [-0.4, -0.2) is 53.0 Å². The van der Waals surface area contributed by atoms with Gasteiger partial charge in [0.25, 0.3) is 0 Å². The molecule has 6 atom stereocenters. The molecule has 2 aliphatic heterocycles. The van der Waals surface area contributed by atoms with Gasteiger partial charge in [0.1, 0.15) is 18.3 Å². The molecule has 0 bridgehead atoms. The summed E-state index contributed by atoms with van der Waals surface area (Å²) in [6.45, 7) is 3.85. The van der Waals surface area contributed by atoms with Gasteiger partial charge < -0.3 is 15.4 Å². The number of fused-ring (bicyclic) bond motifs is 1. The lowest BCUT2D eigenvalue weighted by atomic mass is 9.78. The Morgan fingerprint density at radius 1 is 1.30 bits per heavy atom. The van der Waals surface area contributed by atoms with Crippen molar-refractivity contribution in [3.63, 3.8) is 0 Å². The van der Waals surface area contributed by atoms with E-state index in [1.54, 1.807) is 6.33 Å². The Bertz CT molecular complexity index is 701. The average molecular weight is 376 g/mol. The Morgan fingerprint density at radius 3 is 2.89 bits per heavy atom. The second kappa shape index (κ2) is 6.62. The zero-order chi connectivity index (χ0) is 18.6. The normalized spacial score (nSPS) is 40.2. The van der Waals surface area contributed by atoms with Crippen LogP contribution in [0.4, 0.5) is 10.2 Å². The first kappa shape index (κ1) is 17.7. The van der Waals surface area contributed by atoms with Gasteiger partial charge in [-0.2, -0.15) is 0 Å². The number of nitrogens with one attached hydrogen (secondary N) is 2. The first-order valence-electron chi connectivity index (χ1n) is 10.2. The molecular weight excluding hydrogens is 347 g/mol. The molecule has 0 aromatic carbocycles. The lowest BCUT2D eigenvalue weighted by Crippen LogP contribution is -2.45. The van der Waals surface area contributed by atoms with Crippen molar-refractivity contribution < 1.29 is 9.13 Å². The van der Waals surface area contributed by atoms with Crippen molar-refractivity contribution >= 4 is 5.82 Å². The van der Waals surface area contributed by atoms with Crippen molar-refractivity contribution in [2.45, 2.75) is 75.0 Å². The molecule has 4 fully saturated rings. The molecule has 4 N–H and O–H groups in total. The van der Waals surface area contributed by atoms with Crippen LogP contribution in [-0.2, 0) is 4.74 Å². The lowest BCUT2D eigenvalue weighted by Gasteiger charge is -2.36. The van der Waals surface area contributed by atoms with E-state index in [0.717, 1.165) is 43.9 Å². The number of hydrogen-bond acceptors (Lipinski definition) is 7. The quantitative estimate of drug-likeness (QED) is 0.728. The van der Waals surface area contributed by atoms with Gasteiger partial charge in [-0.15, -0.1) is 0 Å². The number of ether oxygens (including phenoxy) is 1. The molecule has 8 heteroatoms. The number of alkyl halides is 1. The third-order valence-electron chi connectivity index (χ3n) is 6.69. The van der Waals surface area contributed by atoms with Gasteiger partial charge in [-0.05, 0) is 39.0 Å². The van der Waals surface area contributed by atoms with Crippen molar-refractivity contribution in [1.29, 1.82) is 0 Å². The molecule has 5 rings (SSSR count). The highest BCUT2D eigenvalue weighted by molar-refractivity contribution is 5.41. The number of hydrogen-bond donors (Lipinski definition) is 3. The summed E-state index contributed by atoms with van der Waals surface area (Å²) in [5, 5.41) is 0. The highest BCUT2D eigenvalue weighted by Crippen LogP contribution is 2.45. The highest BCUT2D eigenvalue weighted by Gasteiger charge is 2.50. The van der Waals surface area contributed by atoms with Gasteiger partial charge in [-0.3, -0.25) is 5.43 Å². The third kappa shape index (κ3) is 3.44. The zero-order valence-electron chi connectivity index (χ0n) is 15.8. The maximum Gasteiger partial charge on any atom is 0.132 e.